The lowest BCUT2D eigenvalue weighted by atomic mass is 9.99. The smallest absolute Gasteiger partial charge is 0.310 e. The lowest BCUT2D eigenvalue weighted by Crippen LogP contribution is -2.39. The summed E-state index contributed by atoms with van der Waals surface area (Å²) >= 11 is 1.72. The average molecular weight is 304 g/mol. The SMILES string of the molecule is CCc1ccc2nc(N3CCCC(C(=O)OC)C3)sc2c1. The van der Waals surface area contributed by atoms with E-state index in [9.17, 15) is 4.79 Å². The highest BCUT2D eigenvalue weighted by Gasteiger charge is 2.27. The Morgan fingerprint density at radius 3 is 3.14 bits per heavy atom. The second-order valence-electron chi connectivity index (χ2n) is 5.46. The second kappa shape index (κ2) is 6.02. The van der Waals surface area contributed by atoms with Gasteiger partial charge in [-0.2, -0.15) is 0 Å². The number of hydrogen-bond acceptors (Lipinski definition) is 5. The van der Waals surface area contributed by atoms with Gasteiger partial charge in [0, 0.05) is 13.1 Å². The number of carbonyl (C=O) groups is 1. The molecule has 1 aliphatic rings. The van der Waals surface area contributed by atoms with Gasteiger partial charge >= 0.3 is 5.97 Å². The number of hydrogen-bond donors (Lipinski definition) is 0. The van der Waals surface area contributed by atoms with E-state index in [2.05, 4.69) is 30.0 Å². The van der Waals surface area contributed by atoms with Gasteiger partial charge in [0.2, 0.25) is 0 Å². The van der Waals surface area contributed by atoms with E-state index < -0.39 is 0 Å². The van der Waals surface area contributed by atoms with Gasteiger partial charge in [-0.1, -0.05) is 24.3 Å². The number of aryl methyl sites for hydroxylation is 1. The topological polar surface area (TPSA) is 42.4 Å². The van der Waals surface area contributed by atoms with Crippen molar-refractivity contribution in [3.05, 3.63) is 23.8 Å². The van der Waals surface area contributed by atoms with E-state index in [0.29, 0.717) is 6.54 Å². The van der Waals surface area contributed by atoms with Gasteiger partial charge in [-0.05, 0) is 37.0 Å². The van der Waals surface area contributed by atoms with Gasteiger partial charge in [0.05, 0.1) is 23.2 Å². The van der Waals surface area contributed by atoms with E-state index in [1.54, 1.807) is 11.3 Å². The molecule has 4 nitrogen and oxygen atoms in total. The van der Waals surface area contributed by atoms with Crippen LogP contribution in [0.1, 0.15) is 25.3 Å². The first-order chi connectivity index (χ1) is 10.2. The largest absolute Gasteiger partial charge is 0.469 e. The Balaban J connectivity index is 1.84. The molecule has 0 amide bonds. The van der Waals surface area contributed by atoms with Crippen LogP contribution in [0.2, 0.25) is 0 Å². The monoisotopic (exact) mass is 304 g/mol. The quantitative estimate of drug-likeness (QED) is 0.816. The molecule has 0 radical (unpaired) electrons. The third kappa shape index (κ3) is 2.88. The number of esters is 1. The molecule has 0 spiro atoms. The van der Waals surface area contributed by atoms with Crippen LogP contribution in [0.3, 0.4) is 0 Å². The van der Waals surface area contributed by atoms with Crippen molar-refractivity contribution < 1.29 is 9.53 Å². The number of methoxy groups -OCH3 is 1. The number of piperidine rings is 1. The van der Waals surface area contributed by atoms with Gasteiger partial charge in [-0.3, -0.25) is 4.79 Å². The molecule has 1 aliphatic heterocycles. The van der Waals surface area contributed by atoms with Gasteiger partial charge < -0.3 is 9.64 Å². The zero-order valence-corrected chi connectivity index (χ0v) is 13.3. The molecule has 1 saturated heterocycles. The first-order valence-electron chi connectivity index (χ1n) is 7.43. The summed E-state index contributed by atoms with van der Waals surface area (Å²) in [5.41, 5.74) is 2.39. The van der Waals surface area contributed by atoms with Crippen molar-refractivity contribution >= 4 is 32.7 Å². The number of rotatable bonds is 3. The van der Waals surface area contributed by atoms with Crippen molar-refractivity contribution in [2.75, 3.05) is 25.1 Å². The van der Waals surface area contributed by atoms with Crippen LogP contribution in [0, 0.1) is 5.92 Å². The minimum atomic E-state index is -0.103. The first-order valence-corrected chi connectivity index (χ1v) is 8.25. The molecule has 1 unspecified atom stereocenters. The molecule has 2 aromatic rings. The third-order valence-corrected chi connectivity index (χ3v) is 5.16. The number of nitrogens with zero attached hydrogens (tertiary/aromatic N) is 2. The maximum absolute atomic E-state index is 11.7. The number of anilines is 1. The molecule has 1 aromatic heterocycles. The zero-order chi connectivity index (χ0) is 14.8. The van der Waals surface area contributed by atoms with Gasteiger partial charge in [0.1, 0.15) is 0 Å². The molecule has 0 bridgehead atoms. The molecular weight excluding hydrogens is 284 g/mol. The standard InChI is InChI=1S/C16H20N2O2S/c1-3-11-6-7-13-14(9-11)21-16(17-13)18-8-4-5-12(10-18)15(19)20-2/h6-7,9,12H,3-5,8,10H2,1-2H3. The summed E-state index contributed by atoms with van der Waals surface area (Å²) in [4.78, 5) is 18.7. The van der Waals surface area contributed by atoms with Crippen LogP contribution in [-0.4, -0.2) is 31.2 Å². The first kappa shape index (κ1) is 14.3. The fourth-order valence-electron chi connectivity index (χ4n) is 2.82. The van der Waals surface area contributed by atoms with Crippen molar-refractivity contribution in [1.82, 2.24) is 4.98 Å². The Morgan fingerprint density at radius 1 is 1.52 bits per heavy atom. The minimum absolute atomic E-state index is 0.0260. The molecule has 5 heteroatoms. The average Bonchev–Trinajstić information content (AvgIpc) is 2.97. The molecule has 0 saturated carbocycles. The molecule has 1 fully saturated rings. The highest BCUT2D eigenvalue weighted by Crippen LogP contribution is 2.32. The lowest BCUT2D eigenvalue weighted by Gasteiger charge is -2.30. The maximum atomic E-state index is 11.7. The normalized spacial score (nSPS) is 19.0. The fraction of sp³-hybridized carbons (Fsp3) is 0.500. The minimum Gasteiger partial charge on any atom is -0.469 e. The summed E-state index contributed by atoms with van der Waals surface area (Å²) in [6, 6.07) is 6.45. The second-order valence-corrected chi connectivity index (χ2v) is 6.47. The zero-order valence-electron chi connectivity index (χ0n) is 12.5. The predicted molar refractivity (Wildman–Crippen MR) is 86.0 cm³/mol. The number of ether oxygens (including phenoxy) is 1. The van der Waals surface area contributed by atoms with Crippen molar-refractivity contribution in [3.63, 3.8) is 0 Å². The summed E-state index contributed by atoms with van der Waals surface area (Å²) in [5.74, 6) is -0.129. The number of thiazole rings is 1. The van der Waals surface area contributed by atoms with Crippen LogP contribution < -0.4 is 4.90 Å². The van der Waals surface area contributed by atoms with E-state index in [1.807, 2.05) is 0 Å². The Labute approximate surface area is 128 Å². The van der Waals surface area contributed by atoms with Gasteiger partial charge in [0.15, 0.2) is 5.13 Å². The predicted octanol–water partition coefficient (Wildman–Crippen LogP) is 3.25. The summed E-state index contributed by atoms with van der Waals surface area (Å²) in [7, 11) is 1.46. The van der Waals surface area contributed by atoms with Crippen molar-refractivity contribution in [3.8, 4) is 0 Å². The summed E-state index contributed by atoms with van der Waals surface area (Å²) < 4.78 is 6.11. The van der Waals surface area contributed by atoms with Crippen LogP contribution in [0.4, 0.5) is 5.13 Å². The van der Waals surface area contributed by atoms with Crippen LogP contribution in [0.25, 0.3) is 10.2 Å². The maximum Gasteiger partial charge on any atom is 0.310 e. The van der Waals surface area contributed by atoms with Gasteiger partial charge in [-0.15, -0.1) is 0 Å². The van der Waals surface area contributed by atoms with E-state index in [4.69, 9.17) is 9.72 Å². The van der Waals surface area contributed by atoms with Crippen LogP contribution >= 0.6 is 11.3 Å². The van der Waals surface area contributed by atoms with Crippen LogP contribution in [-0.2, 0) is 16.0 Å². The van der Waals surface area contributed by atoms with Crippen LogP contribution in [0.15, 0.2) is 18.2 Å². The highest BCUT2D eigenvalue weighted by molar-refractivity contribution is 7.22. The number of fused-ring (bicyclic) bond motifs is 1. The lowest BCUT2D eigenvalue weighted by molar-refractivity contribution is -0.145. The molecule has 1 atom stereocenters. The van der Waals surface area contributed by atoms with E-state index in [1.165, 1.54) is 17.4 Å². The number of benzene rings is 1. The third-order valence-electron chi connectivity index (χ3n) is 4.08. The molecule has 3 rings (SSSR count). The molecule has 2 heterocycles. The summed E-state index contributed by atoms with van der Waals surface area (Å²) in [5, 5.41) is 1.02. The molecule has 0 aliphatic carbocycles. The summed E-state index contributed by atoms with van der Waals surface area (Å²) in [6.07, 6.45) is 2.96. The molecular formula is C16H20N2O2S. The van der Waals surface area contributed by atoms with E-state index in [-0.39, 0.29) is 11.9 Å². The Morgan fingerprint density at radius 2 is 2.38 bits per heavy atom. The van der Waals surface area contributed by atoms with Crippen molar-refractivity contribution in [2.24, 2.45) is 5.92 Å². The Hall–Kier alpha value is -1.62. The fourth-order valence-corrected chi connectivity index (χ4v) is 3.89. The van der Waals surface area contributed by atoms with E-state index >= 15 is 0 Å². The highest BCUT2D eigenvalue weighted by atomic mass is 32.1. The molecule has 112 valence electrons. The molecule has 0 N–H and O–H groups in total. The molecule has 1 aromatic carbocycles. The van der Waals surface area contributed by atoms with Gasteiger partial charge in [0.25, 0.3) is 0 Å². The number of aromatic nitrogens is 1. The summed E-state index contributed by atoms with van der Waals surface area (Å²) in [6.45, 7) is 3.84. The van der Waals surface area contributed by atoms with Crippen molar-refractivity contribution in [2.45, 2.75) is 26.2 Å². The van der Waals surface area contributed by atoms with Gasteiger partial charge in [-0.25, -0.2) is 4.98 Å². The molecule has 21 heavy (non-hydrogen) atoms. The number of carbonyl (C=O) groups excluding carboxylic acids is 1. The van der Waals surface area contributed by atoms with Crippen LogP contribution in [0.5, 0.6) is 0 Å². The van der Waals surface area contributed by atoms with E-state index in [0.717, 1.165) is 36.5 Å². The van der Waals surface area contributed by atoms with Crippen molar-refractivity contribution in [1.29, 1.82) is 0 Å². The Bertz CT molecular complexity index is 653. The Kier molecular flexibility index (Phi) is 4.10.